The summed E-state index contributed by atoms with van der Waals surface area (Å²) in [6.45, 7) is 19.7. The number of carbonyl (C=O) groups is 2. The standard InChI is InChI=1S/C27H44O4/c1-9-27(10-2,21-11-15-25(7,16-12-21)30-23(28)19(3)4)22-13-17-26(8,18-14-22)31-24(29)20(5)6/h21-22H,3,5,9-18H2,1-2,4,6-8H3. The Morgan fingerprint density at radius 3 is 1.29 bits per heavy atom. The summed E-state index contributed by atoms with van der Waals surface area (Å²) in [5.41, 5.74) is 0.498. The minimum atomic E-state index is -0.373. The minimum Gasteiger partial charge on any atom is -0.456 e. The SMILES string of the molecule is C=C(C)C(=O)OC1(C)CCC(C(CC)(CC)C2CCC(C)(OC(=O)C(=C)C)CC2)CC1. The van der Waals surface area contributed by atoms with E-state index in [9.17, 15) is 9.59 Å². The molecule has 31 heavy (non-hydrogen) atoms. The first-order valence-corrected chi connectivity index (χ1v) is 12.2. The van der Waals surface area contributed by atoms with E-state index >= 15 is 0 Å². The lowest BCUT2D eigenvalue weighted by molar-refractivity contribution is -0.161. The third kappa shape index (κ3) is 5.81. The van der Waals surface area contributed by atoms with Crippen molar-refractivity contribution in [3.8, 4) is 0 Å². The molecule has 0 bridgehead atoms. The molecule has 2 aliphatic carbocycles. The molecule has 0 aromatic rings. The van der Waals surface area contributed by atoms with Crippen LogP contribution in [0.4, 0.5) is 0 Å². The Kier molecular flexibility index (Phi) is 8.21. The van der Waals surface area contributed by atoms with Gasteiger partial charge in [-0.05, 0) is 109 Å². The lowest BCUT2D eigenvalue weighted by atomic mass is 9.54. The van der Waals surface area contributed by atoms with E-state index in [-0.39, 0.29) is 23.1 Å². The van der Waals surface area contributed by atoms with Gasteiger partial charge in [0.05, 0.1) is 0 Å². The van der Waals surface area contributed by atoms with Gasteiger partial charge in [0.2, 0.25) is 0 Å². The van der Waals surface area contributed by atoms with Crippen molar-refractivity contribution in [1.82, 2.24) is 0 Å². The second-order valence-electron chi connectivity index (χ2n) is 10.7. The Bertz CT molecular complexity index is 628. The first-order chi connectivity index (χ1) is 14.4. The lowest BCUT2D eigenvalue weighted by Crippen LogP contribution is -2.47. The maximum atomic E-state index is 12.1. The molecule has 0 atom stereocenters. The second kappa shape index (κ2) is 9.92. The largest absolute Gasteiger partial charge is 0.456 e. The van der Waals surface area contributed by atoms with Crippen molar-refractivity contribution in [2.24, 2.45) is 17.3 Å². The highest BCUT2D eigenvalue weighted by atomic mass is 16.6. The van der Waals surface area contributed by atoms with Crippen LogP contribution in [0.1, 0.15) is 106 Å². The number of ether oxygens (including phenoxy) is 2. The van der Waals surface area contributed by atoms with Gasteiger partial charge in [-0.1, -0.05) is 27.0 Å². The average Bonchev–Trinajstić information content (AvgIpc) is 2.71. The van der Waals surface area contributed by atoms with E-state index in [0.29, 0.717) is 28.4 Å². The molecule has 4 heteroatoms. The van der Waals surface area contributed by atoms with Crippen molar-refractivity contribution in [3.05, 3.63) is 24.3 Å². The van der Waals surface area contributed by atoms with Gasteiger partial charge in [-0.3, -0.25) is 0 Å². The first kappa shape index (κ1) is 25.7. The molecule has 0 aliphatic heterocycles. The zero-order valence-corrected chi connectivity index (χ0v) is 20.8. The van der Waals surface area contributed by atoms with E-state index < -0.39 is 0 Å². The van der Waals surface area contributed by atoms with Crippen LogP contribution in [0.3, 0.4) is 0 Å². The number of rotatable bonds is 8. The van der Waals surface area contributed by atoms with Crippen molar-refractivity contribution in [2.45, 2.75) is 117 Å². The predicted molar refractivity (Wildman–Crippen MR) is 126 cm³/mol. The van der Waals surface area contributed by atoms with Gasteiger partial charge >= 0.3 is 11.9 Å². The van der Waals surface area contributed by atoms with Crippen LogP contribution in [-0.4, -0.2) is 23.1 Å². The van der Waals surface area contributed by atoms with E-state index in [1.54, 1.807) is 13.8 Å². The van der Waals surface area contributed by atoms with Crippen LogP contribution in [0, 0.1) is 17.3 Å². The molecule has 0 amide bonds. The van der Waals surface area contributed by atoms with Gasteiger partial charge in [-0.2, -0.15) is 0 Å². The van der Waals surface area contributed by atoms with Gasteiger partial charge in [0.25, 0.3) is 0 Å². The van der Waals surface area contributed by atoms with E-state index in [1.165, 1.54) is 12.8 Å². The molecule has 0 radical (unpaired) electrons. The van der Waals surface area contributed by atoms with Crippen LogP contribution in [0.5, 0.6) is 0 Å². The molecule has 0 heterocycles. The van der Waals surface area contributed by atoms with Crippen molar-refractivity contribution in [3.63, 3.8) is 0 Å². The third-order valence-electron chi connectivity index (χ3n) is 8.40. The summed E-state index contributed by atoms with van der Waals surface area (Å²) < 4.78 is 11.6. The van der Waals surface area contributed by atoms with E-state index in [1.807, 2.05) is 0 Å². The highest BCUT2D eigenvalue weighted by Gasteiger charge is 2.49. The molecular weight excluding hydrogens is 388 g/mol. The smallest absolute Gasteiger partial charge is 0.333 e. The zero-order valence-electron chi connectivity index (χ0n) is 20.8. The highest BCUT2D eigenvalue weighted by Crippen LogP contribution is 2.55. The molecule has 0 N–H and O–H groups in total. The molecule has 2 fully saturated rings. The number of hydrogen-bond acceptors (Lipinski definition) is 4. The number of carbonyl (C=O) groups excluding carboxylic acids is 2. The summed E-state index contributed by atoms with van der Waals surface area (Å²) in [4.78, 5) is 24.1. The molecule has 2 aliphatic rings. The van der Waals surface area contributed by atoms with Crippen LogP contribution < -0.4 is 0 Å². The Balaban J connectivity index is 2.05. The van der Waals surface area contributed by atoms with Crippen LogP contribution in [0.2, 0.25) is 0 Å². The fourth-order valence-electron chi connectivity index (χ4n) is 6.17. The summed E-state index contributed by atoms with van der Waals surface area (Å²) in [6, 6.07) is 0. The van der Waals surface area contributed by atoms with Gasteiger partial charge in [0, 0.05) is 11.1 Å². The molecule has 0 saturated heterocycles. The fourth-order valence-corrected chi connectivity index (χ4v) is 6.17. The molecule has 0 aromatic heterocycles. The topological polar surface area (TPSA) is 52.6 Å². The van der Waals surface area contributed by atoms with Crippen molar-refractivity contribution >= 4 is 11.9 Å². The van der Waals surface area contributed by atoms with Crippen molar-refractivity contribution in [2.75, 3.05) is 0 Å². The normalized spacial score (nSPS) is 31.5. The summed E-state index contributed by atoms with van der Waals surface area (Å²) in [5, 5.41) is 0. The molecular formula is C27H44O4. The Hall–Kier alpha value is -1.58. The first-order valence-electron chi connectivity index (χ1n) is 12.2. The second-order valence-corrected chi connectivity index (χ2v) is 10.7. The maximum absolute atomic E-state index is 12.1. The Morgan fingerprint density at radius 1 is 0.774 bits per heavy atom. The summed E-state index contributed by atoms with van der Waals surface area (Å²) in [6.07, 6.45) is 10.4. The number of esters is 2. The average molecular weight is 433 g/mol. The van der Waals surface area contributed by atoms with E-state index in [0.717, 1.165) is 51.4 Å². The molecule has 2 saturated carbocycles. The van der Waals surface area contributed by atoms with Crippen LogP contribution in [0.25, 0.3) is 0 Å². The fraction of sp³-hybridized carbons (Fsp3) is 0.778. The molecule has 2 rings (SSSR count). The van der Waals surface area contributed by atoms with Gasteiger partial charge in [0.1, 0.15) is 11.2 Å². The van der Waals surface area contributed by atoms with Crippen LogP contribution in [-0.2, 0) is 19.1 Å². The molecule has 0 aromatic carbocycles. The van der Waals surface area contributed by atoms with Gasteiger partial charge in [-0.25, -0.2) is 9.59 Å². The molecule has 176 valence electrons. The highest BCUT2D eigenvalue weighted by molar-refractivity contribution is 5.87. The monoisotopic (exact) mass is 432 g/mol. The van der Waals surface area contributed by atoms with Gasteiger partial charge < -0.3 is 9.47 Å². The van der Waals surface area contributed by atoms with Crippen molar-refractivity contribution < 1.29 is 19.1 Å². The van der Waals surface area contributed by atoms with Crippen LogP contribution >= 0.6 is 0 Å². The van der Waals surface area contributed by atoms with Crippen LogP contribution in [0.15, 0.2) is 24.3 Å². The molecule has 4 nitrogen and oxygen atoms in total. The number of hydrogen-bond donors (Lipinski definition) is 0. The van der Waals surface area contributed by atoms with E-state index in [4.69, 9.17) is 9.47 Å². The third-order valence-corrected chi connectivity index (χ3v) is 8.40. The Morgan fingerprint density at radius 2 is 1.06 bits per heavy atom. The lowest BCUT2D eigenvalue weighted by Gasteiger charge is -2.52. The van der Waals surface area contributed by atoms with Gasteiger partial charge in [0.15, 0.2) is 0 Å². The van der Waals surface area contributed by atoms with Gasteiger partial charge in [-0.15, -0.1) is 0 Å². The minimum absolute atomic E-state index is 0.269. The summed E-state index contributed by atoms with van der Waals surface area (Å²) in [5.74, 6) is 0.751. The zero-order chi connectivity index (χ0) is 23.4. The maximum Gasteiger partial charge on any atom is 0.333 e. The quantitative estimate of drug-likeness (QED) is 0.308. The summed E-state index contributed by atoms with van der Waals surface area (Å²) in [7, 11) is 0. The molecule has 0 unspecified atom stereocenters. The molecule has 0 spiro atoms. The summed E-state index contributed by atoms with van der Waals surface area (Å²) >= 11 is 0. The Labute approximate surface area is 189 Å². The van der Waals surface area contributed by atoms with E-state index in [2.05, 4.69) is 40.9 Å². The van der Waals surface area contributed by atoms with Crippen molar-refractivity contribution in [1.29, 1.82) is 0 Å². The predicted octanol–water partition coefficient (Wildman–Crippen LogP) is 6.93.